The Kier molecular flexibility index (Phi) is 4.72. The fourth-order valence-corrected chi connectivity index (χ4v) is 1.14. The first-order valence-electron chi connectivity index (χ1n) is 5.19. The van der Waals surface area contributed by atoms with Gasteiger partial charge in [0.25, 0.3) is 0 Å². The molecular formula is C11H16ClN3O2. The minimum absolute atomic E-state index is 0.439. The molecule has 0 fully saturated rings. The monoisotopic (exact) mass is 257 g/mol. The molecule has 2 N–H and O–H groups in total. The molecule has 1 aromatic heterocycles. The third-order valence-electron chi connectivity index (χ3n) is 1.67. The smallest absolute Gasteiger partial charge is 0.422 e. The Morgan fingerprint density at radius 1 is 1.47 bits per heavy atom. The Labute approximate surface area is 105 Å². The van der Waals surface area contributed by atoms with Crippen molar-refractivity contribution in [2.45, 2.75) is 32.9 Å². The topological polar surface area (TPSA) is 63.2 Å². The molecule has 0 spiro atoms. The second-order valence-electron chi connectivity index (χ2n) is 4.47. The molecule has 0 aliphatic carbocycles. The first-order valence-corrected chi connectivity index (χ1v) is 5.57. The van der Waals surface area contributed by atoms with Crippen LogP contribution in [0, 0.1) is 0 Å². The summed E-state index contributed by atoms with van der Waals surface area (Å²) in [6.07, 6.45) is 1.12. The van der Waals surface area contributed by atoms with Gasteiger partial charge in [-0.2, -0.15) is 0 Å². The number of amides is 1. The number of aromatic nitrogens is 1. The molecule has 94 valence electrons. The average Bonchev–Trinajstić information content (AvgIpc) is 2.18. The molecule has 17 heavy (non-hydrogen) atoms. The quantitative estimate of drug-likeness (QED) is 0.644. The lowest BCUT2D eigenvalue weighted by Gasteiger charge is -2.19. The fourth-order valence-electron chi connectivity index (χ4n) is 1.03. The number of pyridine rings is 1. The molecule has 0 unspecified atom stereocenters. The normalized spacial score (nSPS) is 11.1. The predicted molar refractivity (Wildman–Crippen MR) is 65.5 cm³/mol. The van der Waals surface area contributed by atoms with Gasteiger partial charge in [0.1, 0.15) is 10.8 Å². The van der Waals surface area contributed by atoms with E-state index in [1.54, 1.807) is 33.0 Å². The van der Waals surface area contributed by atoms with Crippen LogP contribution in [0.5, 0.6) is 0 Å². The molecule has 0 aliphatic rings. The molecule has 0 bridgehead atoms. The summed E-state index contributed by atoms with van der Waals surface area (Å²) in [4.78, 5) is 15.2. The van der Waals surface area contributed by atoms with Gasteiger partial charge in [-0.25, -0.2) is 15.2 Å². The third kappa shape index (κ3) is 6.09. The molecule has 0 aliphatic heterocycles. The lowest BCUT2D eigenvalue weighted by atomic mass is 10.2. The van der Waals surface area contributed by atoms with Crippen LogP contribution in [0.15, 0.2) is 18.3 Å². The molecular weight excluding hydrogens is 242 g/mol. The summed E-state index contributed by atoms with van der Waals surface area (Å²) >= 11 is 5.65. The Morgan fingerprint density at radius 2 is 2.18 bits per heavy atom. The van der Waals surface area contributed by atoms with E-state index in [-0.39, 0.29) is 0 Å². The molecule has 1 heterocycles. The van der Waals surface area contributed by atoms with E-state index in [1.807, 2.05) is 6.07 Å². The summed E-state index contributed by atoms with van der Waals surface area (Å²) in [6, 6.07) is 3.51. The molecule has 0 aromatic carbocycles. The molecule has 0 saturated heterocycles. The van der Waals surface area contributed by atoms with E-state index in [0.717, 1.165) is 5.56 Å². The van der Waals surface area contributed by atoms with E-state index < -0.39 is 11.7 Å². The van der Waals surface area contributed by atoms with Gasteiger partial charge in [0.2, 0.25) is 0 Å². The van der Waals surface area contributed by atoms with Gasteiger partial charge in [0, 0.05) is 12.7 Å². The predicted octanol–water partition coefficient (Wildman–Crippen LogP) is 2.26. The minimum Gasteiger partial charge on any atom is -0.443 e. The van der Waals surface area contributed by atoms with Gasteiger partial charge in [-0.15, -0.1) is 0 Å². The Balaban J connectivity index is 2.28. The van der Waals surface area contributed by atoms with Gasteiger partial charge in [-0.1, -0.05) is 17.7 Å². The maximum atomic E-state index is 11.3. The SMILES string of the molecule is CC(C)(C)OC(=O)NNCc1ccc(Cl)nc1. The van der Waals surface area contributed by atoms with Gasteiger partial charge in [-0.05, 0) is 32.4 Å². The number of hydrogen-bond acceptors (Lipinski definition) is 4. The van der Waals surface area contributed by atoms with Gasteiger partial charge in [0.15, 0.2) is 0 Å². The van der Waals surface area contributed by atoms with Crippen molar-refractivity contribution in [3.8, 4) is 0 Å². The zero-order valence-corrected chi connectivity index (χ0v) is 10.8. The van der Waals surface area contributed by atoms with Crippen molar-refractivity contribution in [1.82, 2.24) is 15.8 Å². The van der Waals surface area contributed by atoms with Crippen molar-refractivity contribution in [1.29, 1.82) is 0 Å². The Morgan fingerprint density at radius 3 is 2.71 bits per heavy atom. The summed E-state index contributed by atoms with van der Waals surface area (Å²) in [6.45, 7) is 5.85. The number of halogens is 1. The third-order valence-corrected chi connectivity index (χ3v) is 1.89. The number of nitrogens with zero attached hydrogens (tertiary/aromatic N) is 1. The molecule has 1 amide bonds. The van der Waals surface area contributed by atoms with Crippen LogP contribution >= 0.6 is 11.6 Å². The highest BCUT2D eigenvalue weighted by molar-refractivity contribution is 6.29. The molecule has 0 saturated carbocycles. The molecule has 6 heteroatoms. The summed E-state index contributed by atoms with van der Waals surface area (Å²) in [7, 11) is 0. The minimum atomic E-state index is -0.514. The highest BCUT2D eigenvalue weighted by Gasteiger charge is 2.15. The van der Waals surface area contributed by atoms with Gasteiger partial charge >= 0.3 is 6.09 Å². The van der Waals surface area contributed by atoms with Crippen LogP contribution in [0.4, 0.5) is 4.79 Å². The average molecular weight is 258 g/mol. The molecule has 0 atom stereocenters. The Hall–Kier alpha value is -1.33. The number of carbonyl (C=O) groups is 1. The van der Waals surface area contributed by atoms with Gasteiger partial charge < -0.3 is 4.74 Å². The summed E-state index contributed by atoms with van der Waals surface area (Å²) < 4.78 is 5.05. The second-order valence-corrected chi connectivity index (χ2v) is 4.86. The van der Waals surface area contributed by atoms with Crippen LogP contribution in [-0.4, -0.2) is 16.7 Å². The lowest BCUT2D eigenvalue weighted by molar-refractivity contribution is 0.0497. The Bertz CT molecular complexity index is 373. The molecule has 1 aromatic rings. The number of carbonyl (C=O) groups excluding carboxylic acids is 1. The van der Waals surface area contributed by atoms with Crippen LogP contribution in [-0.2, 0) is 11.3 Å². The number of rotatable bonds is 3. The van der Waals surface area contributed by atoms with E-state index in [9.17, 15) is 4.79 Å². The molecule has 1 rings (SSSR count). The van der Waals surface area contributed by atoms with E-state index in [4.69, 9.17) is 16.3 Å². The van der Waals surface area contributed by atoms with Crippen LogP contribution in [0.25, 0.3) is 0 Å². The van der Waals surface area contributed by atoms with Crippen LogP contribution in [0.2, 0.25) is 5.15 Å². The highest BCUT2D eigenvalue weighted by Crippen LogP contribution is 2.06. The summed E-state index contributed by atoms with van der Waals surface area (Å²) in [5.74, 6) is 0. The largest absolute Gasteiger partial charge is 0.443 e. The van der Waals surface area contributed by atoms with Crippen LogP contribution in [0.3, 0.4) is 0 Å². The van der Waals surface area contributed by atoms with E-state index >= 15 is 0 Å². The summed E-state index contributed by atoms with van der Waals surface area (Å²) in [5.41, 5.74) is 5.57. The second kappa shape index (κ2) is 5.84. The summed E-state index contributed by atoms with van der Waals surface area (Å²) in [5, 5.41) is 0.439. The van der Waals surface area contributed by atoms with E-state index in [2.05, 4.69) is 15.8 Å². The number of ether oxygens (including phenoxy) is 1. The number of hydrogen-bond donors (Lipinski definition) is 2. The first kappa shape index (κ1) is 13.7. The van der Waals surface area contributed by atoms with Crippen LogP contribution in [0.1, 0.15) is 26.3 Å². The van der Waals surface area contributed by atoms with Crippen LogP contribution < -0.4 is 10.9 Å². The van der Waals surface area contributed by atoms with Crippen molar-refractivity contribution in [3.63, 3.8) is 0 Å². The van der Waals surface area contributed by atoms with Crippen molar-refractivity contribution in [2.75, 3.05) is 0 Å². The number of nitrogens with one attached hydrogen (secondary N) is 2. The zero-order chi connectivity index (χ0) is 12.9. The molecule has 5 nitrogen and oxygen atoms in total. The molecule has 0 radical (unpaired) electrons. The zero-order valence-electron chi connectivity index (χ0n) is 10.1. The van der Waals surface area contributed by atoms with Crippen molar-refractivity contribution in [2.24, 2.45) is 0 Å². The van der Waals surface area contributed by atoms with Crippen molar-refractivity contribution < 1.29 is 9.53 Å². The highest BCUT2D eigenvalue weighted by atomic mass is 35.5. The van der Waals surface area contributed by atoms with Gasteiger partial charge in [0.05, 0.1) is 0 Å². The number of hydrazine groups is 1. The van der Waals surface area contributed by atoms with Crippen molar-refractivity contribution >= 4 is 17.7 Å². The van der Waals surface area contributed by atoms with Gasteiger partial charge in [-0.3, -0.25) is 5.43 Å². The van der Waals surface area contributed by atoms with E-state index in [1.165, 1.54) is 0 Å². The maximum absolute atomic E-state index is 11.3. The standard InChI is InChI=1S/C11H16ClN3O2/c1-11(2,3)17-10(16)15-14-7-8-4-5-9(12)13-6-8/h4-6,14H,7H2,1-3H3,(H,15,16). The first-order chi connectivity index (χ1) is 7.87. The van der Waals surface area contributed by atoms with Crippen molar-refractivity contribution in [3.05, 3.63) is 29.0 Å². The fraction of sp³-hybridized carbons (Fsp3) is 0.455. The maximum Gasteiger partial charge on any atom is 0.422 e. The van der Waals surface area contributed by atoms with E-state index in [0.29, 0.717) is 11.7 Å². The lowest BCUT2D eigenvalue weighted by Crippen LogP contribution is -2.40.